The number of ketones is 1. The molecule has 2 aliphatic heterocycles. The van der Waals surface area contributed by atoms with Gasteiger partial charge in [0, 0.05) is 49.9 Å². The largest absolute Gasteiger partial charge is 0.370 e. The molecule has 5 amide bonds. The first-order valence-corrected chi connectivity index (χ1v) is 17.3. The van der Waals surface area contributed by atoms with Gasteiger partial charge in [0.15, 0.2) is 5.78 Å². The lowest BCUT2D eigenvalue weighted by Crippen LogP contribution is -2.52. The first-order valence-electron chi connectivity index (χ1n) is 17.3. The van der Waals surface area contributed by atoms with Gasteiger partial charge in [-0.25, -0.2) is 0 Å². The van der Waals surface area contributed by atoms with Crippen LogP contribution in [0.15, 0.2) is 48.5 Å². The van der Waals surface area contributed by atoms with Gasteiger partial charge in [-0.1, -0.05) is 80.3 Å². The highest BCUT2D eigenvalue weighted by atomic mass is 16.2. The van der Waals surface area contributed by atoms with E-state index in [0.717, 1.165) is 68.1 Å². The molecule has 0 aliphatic carbocycles. The molecule has 2 aromatic carbocycles. The summed E-state index contributed by atoms with van der Waals surface area (Å²) in [5, 5.41) is 5.31. The molecule has 0 aromatic heterocycles. The molecule has 11 heteroatoms. The zero-order valence-electron chi connectivity index (χ0n) is 28.0. The monoisotopic (exact) mass is 669 g/mol. The lowest BCUT2D eigenvalue weighted by Gasteiger charge is -2.29. The number of Topliss-reactive ketones (excluding diaryl/α,β-unsaturated/α-hetero) is 1. The highest BCUT2D eigenvalue weighted by Gasteiger charge is 2.39. The van der Waals surface area contributed by atoms with Gasteiger partial charge in [-0.15, -0.1) is 0 Å². The first-order chi connectivity index (χ1) is 23.7. The number of primary amides is 1. The molecule has 2 heterocycles. The molecule has 4 rings (SSSR count). The molecule has 3 atom stereocenters. The highest BCUT2D eigenvalue weighted by Crippen LogP contribution is 2.29. The number of hydrogen-bond donors (Lipinski definition) is 4. The van der Waals surface area contributed by atoms with Crippen LogP contribution < -0.4 is 22.1 Å². The molecule has 1 unspecified atom stereocenters. The Morgan fingerprint density at radius 3 is 2.37 bits per heavy atom. The van der Waals surface area contributed by atoms with Crippen molar-refractivity contribution in [2.45, 2.75) is 108 Å². The fraction of sp³-hybridized carbons (Fsp3) is 0.474. The number of fused-ring (bicyclic) bond motifs is 1. The van der Waals surface area contributed by atoms with Gasteiger partial charge in [-0.05, 0) is 48.9 Å². The Hall–Kier alpha value is -4.82. The molecule has 1 fully saturated rings. The number of nitrogens with zero attached hydrogens (tertiary/aromatic N) is 1. The van der Waals surface area contributed by atoms with Gasteiger partial charge in [-0.2, -0.15) is 0 Å². The van der Waals surface area contributed by atoms with E-state index < -0.39 is 29.8 Å². The summed E-state index contributed by atoms with van der Waals surface area (Å²) in [6.45, 7) is 0.844. The number of rotatable bonds is 18. The van der Waals surface area contributed by atoms with Gasteiger partial charge in [0.1, 0.15) is 6.04 Å². The van der Waals surface area contributed by atoms with Crippen LogP contribution >= 0.6 is 0 Å². The lowest BCUT2D eigenvalue weighted by molar-refractivity contribution is -0.137. The average Bonchev–Trinajstić information content (AvgIpc) is 3.42. The van der Waals surface area contributed by atoms with Crippen molar-refractivity contribution >= 4 is 35.3 Å². The molecule has 6 N–H and O–H groups in total. The fourth-order valence-corrected chi connectivity index (χ4v) is 6.28. The molecular weight excluding hydrogens is 622 g/mol. The molecule has 1 saturated heterocycles. The van der Waals surface area contributed by atoms with E-state index in [0.29, 0.717) is 25.1 Å². The summed E-state index contributed by atoms with van der Waals surface area (Å²) in [5.74, 6) is 3.92. The molecule has 2 aromatic rings. The summed E-state index contributed by atoms with van der Waals surface area (Å²) < 4.78 is 0. The number of nitrogens with one attached hydrogen (secondary N) is 2. The molecule has 2 aliphatic rings. The second-order valence-electron chi connectivity index (χ2n) is 12.8. The number of piperidine rings is 1. The van der Waals surface area contributed by atoms with Crippen molar-refractivity contribution in [1.82, 2.24) is 15.5 Å². The van der Waals surface area contributed by atoms with Gasteiger partial charge in [0.05, 0.1) is 12.0 Å². The van der Waals surface area contributed by atoms with Crippen LogP contribution in [0.2, 0.25) is 0 Å². The Labute approximate surface area is 287 Å². The van der Waals surface area contributed by atoms with Crippen LogP contribution in [0.4, 0.5) is 0 Å². The second kappa shape index (κ2) is 18.7. The first kappa shape index (κ1) is 37.0. The number of hydrogen-bond acceptors (Lipinski definition) is 7. The summed E-state index contributed by atoms with van der Waals surface area (Å²) >= 11 is 0. The van der Waals surface area contributed by atoms with Crippen molar-refractivity contribution in [3.05, 3.63) is 70.8 Å². The maximum Gasteiger partial charge on any atom is 0.255 e. The van der Waals surface area contributed by atoms with E-state index in [1.54, 1.807) is 11.0 Å². The van der Waals surface area contributed by atoms with Gasteiger partial charge in [0.2, 0.25) is 23.6 Å². The average molecular weight is 670 g/mol. The quantitative estimate of drug-likeness (QED) is 0.107. The van der Waals surface area contributed by atoms with Crippen molar-refractivity contribution in [3.63, 3.8) is 0 Å². The van der Waals surface area contributed by atoms with Gasteiger partial charge < -0.3 is 21.7 Å². The molecule has 11 nitrogen and oxygen atoms in total. The number of unbranched alkanes of at least 4 members (excludes halogenated alkanes) is 7. The third-order valence-electron chi connectivity index (χ3n) is 9.12. The summed E-state index contributed by atoms with van der Waals surface area (Å²) in [7, 11) is 0. The Balaban J connectivity index is 1.11. The normalized spacial score (nSPS) is 16.6. The zero-order valence-corrected chi connectivity index (χ0v) is 28.0. The Morgan fingerprint density at radius 1 is 0.939 bits per heavy atom. The third-order valence-corrected chi connectivity index (χ3v) is 9.12. The van der Waals surface area contributed by atoms with E-state index >= 15 is 0 Å². The van der Waals surface area contributed by atoms with E-state index in [4.69, 9.17) is 11.5 Å². The summed E-state index contributed by atoms with van der Waals surface area (Å²) in [6.07, 6.45) is 8.59. The van der Waals surface area contributed by atoms with Gasteiger partial charge in [-0.3, -0.25) is 34.1 Å². The number of imide groups is 1. The molecule has 49 heavy (non-hydrogen) atoms. The van der Waals surface area contributed by atoms with Crippen LogP contribution in [0.5, 0.6) is 0 Å². The van der Waals surface area contributed by atoms with Crippen LogP contribution in [0.1, 0.15) is 116 Å². The van der Waals surface area contributed by atoms with E-state index in [1.165, 1.54) is 0 Å². The van der Waals surface area contributed by atoms with Crippen LogP contribution in [0.25, 0.3) is 0 Å². The van der Waals surface area contributed by atoms with E-state index in [9.17, 15) is 28.8 Å². The molecule has 0 radical (unpaired) electrons. The standard InChI is InChI=1S/C38H47N5O6/c39-31(19-21-34(40)45)33(44)24-29(26-14-10-8-11-15-26)36(47)41-23-12-7-5-3-1-2-4-6-9-16-27-17-13-18-28-30(27)25-43(38(28)49)32-20-22-35(46)42-37(32)48/h8,10-11,13-15,17-18,29,31-32H,1-7,12,19-25,39H2,(H2,40,45)(H,41,47)(H,42,46,48)/t29-,31-,32?/m0/s1. The highest BCUT2D eigenvalue weighted by molar-refractivity contribution is 6.05. The number of amides is 5. The number of benzene rings is 2. The van der Waals surface area contributed by atoms with E-state index in [2.05, 4.69) is 22.5 Å². The molecule has 0 spiro atoms. The molecule has 0 bridgehead atoms. The van der Waals surface area contributed by atoms with Crippen molar-refractivity contribution in [3.8, 4) is 11.8 Å². The number of carbonyl (C=O) groups is 6. The second-order valence-corrected chi connectivity index (χ2v) is 12.8. The predicted octanol–water partition coefficient (Wildman–Crippen LogP) is 3.37. The van der Waals surface area contributed by atoms with Gasteiger partial charge in [0.25, 0.3) is 5.91 Å². The number of carbonyl (C=O) groups excluding carboxylic acids is 6. The maximum atomic E-state index is 13.1. The fourth-order valence-electron chi connectivity index (χ4n) is 6.28. The van der Waals surface area contributed by atoms with E-state index in [1.807, 2.05) is 42.5 Å². The Kier molecular flexibility index (Phi) is 14.1. The Bertz CT molecular complexity index is 1580. The summed E-state index contributed by atoms with van der Waals surface area (Å²) in [6, 6.07) is 13.2. The maximum absolute atomic E-state index is 13.1. The van der Waals surface area contributed by atoms with Crippen molar-refractivity contribution < 1.29 is 28.8 Å². The molecule has 0 saturated carbocycles. The SMILES string of the molecule is NC(=O)CC[C@H](N)C(=O)C[C@H](C(=O)NCCCCCCCCCC#Cc1cccc2c1CN(C1CCC(=O)NC1=O)C2=O)c1ccccc1. The van der Waals surface area contributed by atoms with Crippen LogP contribution in [0.3, 0.4) is 0 Å². The summed E-state index contributed by atoms with van der Waals surface area (Å²) in [5.41, 5.74) is 14.1. The van der Waals surface area contributed by atoms with E-state index in [-0.39, 0.29) is 49.2 Å². The smallest absolute Gasteiger partial charge is 0.255 e. The predicted molar refractivity (Wildman–Crippen MR) is 185 cm³/mol. The molecule has 260 valence electrons. The zero-order chi connectivity index (χ0) is 35.2. The van der Waals surface area contributed by atoms with Crippen molar-refractivity contribution in [2.24, 2.45) is 11.5 Å². The van der Waals surface area contributed by atoms with Gasteiger partial charge >= 0.3 is 0 Å². The third kappa shape index (κ3) is 10.8. The number of nitrogens with two attached hydrogens (primary N) is 2. The summed E-state index contributed by atoms with van der Waals surface area (Å²) in [4.78, 5) is 75.2. The lowest BCUT2D eigenvalue weighted by atomic mass is 9.90. The minimum atomic E-state index is -0.838. The van der Waals surface area contributed by atoms with Crippen LogP contribution in [-0.2, 0) is 30.5 Å². The van der Waals surface area contributed by atoms with Crippen molar-refractivity contribution in [1.29, 1.82) is 0 Å². The topological polar surface area (TPSA) is 182 Å². The molecular formula is C38H47N5O6. The minimum absolute atomic E-state index is 0.0268. The Morgan fingerprint density at radius 2 is 1.65 bits per heavy atom. The van der Waals surface area contributed by atoms with Crippen molar-refractivity contribution in [2.75, 3.05) is 6.54 Å². The minimum Gasteiger partial charge on any atom is -0.370 e. The van der Waals surface area contributed by atoms with Crippen LogP contribution in [-0.4, -0.2) is 58.8 Å². The van der Waals surface area contributed by atoms with Crippen LogP contribution in [0, 0.1) is 11.8 Å².